The maximum absolute atomic E-state index is 14.7. The molecule has 5 rings (SSSR count). The second-order valence-electron chi connectivity index (χ2n) is 7.61. The highest BCUT2D eigenvalue weighted by Crippen LogP contribution is 2.26. The highest BCUT2D eigenvalue weighted by Gasteiger charge is 2.30. The van der Waals surface area contributed by atoms with Gasteiger partial charge in [-0.05, 0) is 23.3 Å². The first-order valence-electron chi connectivity index (χ1n) is 9.94. The van der Waals surface area contributed by atoms with E-state index >= 15 is 0 Å². The molecular weight excluding hydrogens is 400 g/mol. The third kappa shape index (κ3) is 3.81. The van der Waals surface area contributed by atoms with Gasteiger partial charge in [0.25, 0.3) is 0 Å². The largest absolute Gasteiger partial charge is 0.487 e. The fourth-order valence-electron chi connectivity index (χ4n) is 3.99. The van der Waals surface area contributed by atoms with E-state index in [-0.39, 0.29) is 42.6 Å². The van der Waals surface area contributed by atoms with Gasteiger partial charge in [0.05, 0.1) is 11.7 Å². The number of aromatic nitrogens is 2. The van der Waals surface area contributed by atoms with E-state index in [0.29, 0.717) is 16.6 Å². The van der Waals surface area contributed by atoms with E-state index < -0.39 is 11.6 Å². The fourth-order valence-corrected chi connectivity index (χ4v) is 3.99. The molecule has 2 aliphatic rings. The van der Waals surface area contributed by atoms with E-state index in [2.05, 4.69) is 20.6 Å². The lowest BCUT2D eigenvalue weighted by atomic mass is 10.0. The van der Waals surface area contributed by atoms with Crippen LogP contribution in [0.4, 0.5) is 8.78 Å². The molecule has 2 aromatic heterocycles. The van der Waals surface area contributed by atoms with Crippen molar-refractivity contribution >= 4 is 11.0 Å². The third-order valence-corrected chi connectivity index (χ3v) is 5.56. The lowest BCUT2D eigenvalue weighted by molar-refractivity contribution is 0.251. The van der Waals surface area contributed by atoms with Gasteiger partial charge in [-0.1, -0.05) is 24.3 Å². The van der Waals surface area contributed by atoms with E-state index in [4.69, 9.17) is 10.00 Å². The molecule has 1 saturated heterocycles. The molecule has 3 aromatic rings. The van der Waals surface area contributed by atoms with Gasteiger partial charge in [0.2, 0.25) is 0 Å². The number of H-pyrrole nitrogens is 1. The van der Waals surface area contributed by atoms with Gasteiger partial charge in [0.15, 0.2) is 11.6 Å². The number of nitrogens with one attached hydrogen (secondary N) is 3. The molecule has 1 aliphatic heterocycles. The van der Waals surface area contributed by atoms with Crippen molar-refractivity contribution in [2.24, 2.45) is 0 Å². The van der Waals surface area contributed by atoms with Crippen LogP contribution in [0, 0.1) is 23.0 Å². The van der Waals surface area contributed by atoms with E-state index in [1.807, 2.05) is 30.4 Å². The summed E-state index contributed by atoms with van der Waals surface area (Å²) in [6.07, 6.45) is 11.2. The second-order valence-corrected chi connectivity index (χ2v) is 7.61. The Hall–Kier alpha value is -3.54. The third-order valence-electron chi connectivity index (χ3n) is 5.56. The lowest BCUT2D eigenvalue weighted by Crippen LogP contribution is -2.38. The first-order valence-corrected chi connectivity index (χ1v) is 9.94. The number of hydrogen-bond donors (Lipinski definition) is 3. The molecule has 3 N–H and O–H groups in total. The lowest BCUT2D eigenvalue weighted by Gasteiger charge is -2.15. The van der Waals surface area contributed by atoms with Crippen molar-refractivity contribution in [3.63, 3.8) is 0 Å². The van der Waals surface area contributed by atoms with Gasteiger partial charge in [-0.25, -0.2) is 13.8 Å². The number of nitrogens with zero attached hydrogens (tertiary/aromatic N) is 2. The zero-order valence-corrected chi connectivity index (χ0v) is 16.4. The SMILES string of the molecule is N#Cc1cnc2[nH]cc(Cc3cc(F)c(OCC4NC5C=CC=CC5N4)cc3F)c2c1. The number of halogens is 2. The van der Waals surface area contributed by atoms with Crippen LogP contribution in [0.1, 0.15) is 16.7 Å². The summed E-state index contributed by atoms with van der Waals surface area (Å²) in [5.74, 6) is -1.30. The minimum atomic E-state index is -0.623. The standard InChI is InChI=1S/C23H19F2N5O/c24-17-8-21(31-12-22-29-19-3-1-2-4-20(19)30-22)18(25)7-14(17)6-15-11-28-23-16(15)5-13(9-26)10-27-23/h1-5,7-8,10-11,19-20,22,29-30H,6,12H2,(H,27,28). The first-order chi connectivity index (χ1) is 15.1. The summed E-state index contributed by atoms with van der Waals surface area (Å²) in [6, 6.07) is 6.29. The Bertz CT molecular complexity index is 1220. The molecule has 0 bridgehead atoms. The Balaban J connectivity index is 1.30. The number of rotatable bonds is 5. The zero-order valence-electron chi connectivity index (χ0n) is 16.4. The van der Waals surface area contributed by atoms with E-state index in [0.717, 1.165) is 17.7 Å². The van der Waals surface area contributed by atoms with Crippen molar-refractivity contribution in [2.75, 3.05) is 6.61 Å². The van der Waals surface area contributed by atoms with Crippen LogP contribution in [0.2, 0.25) is 0 Å². The molecule has 1 fully saturated rings. The van der Waals surface area contributed by atoms with Gasteiger partial charge in [-0.2, -0.15) is 5.26 Å². The van der Waals surface area contributed by atoms with Gasteiger partial charge in [-0.3, -0.25) is 10.6 Å². The number of aromatic amines is 1. The number of pyridine rings is 1. The fraction of sp³-hybridized carbons (Fsp3) is 0.217. The molecule has 8 heteroatoms. The maximum Gasteiger partial charge on any atom is 0.165 e. The number of allylic oxidation sites excluding steroid dienone is 2. The van der Waals surface area contributed by atoms with E-state index in [9.17, 15) is 8.78 Å². The molecule has 0 radical (unpaired) electrons. The van der Waals surface area contributed by atoms with Crippen molar-refractivity contribution < 1.29 is 13.5 Å². The quantitative estimate of drug-likeness (QED) is 0.592. The van der Waals surface area contributed by atoms with Crippen molar-refractivity contribution in [1.29, 1.82) is 5.26 Å². The summed E-state index contributed by atoms with van der Waals surface area (Å²) in [4.78, 5) is 7.16. The van der Waals surface area contributed by atoms with Crippen LogP contribution in [0.3, 0.4) is 0 Å². The van der Waals surface area contributed by atoms with Gasteiger partial charge >= 0.3 is 0 Å². The van der Waals surface area contributed by atoms with Crippen LogP contribution in [0.15, 0.2) is 54.9 Å². The number of hydrogen-bond acceptors (Lipinski definition) is 5. The summed E-state index contributed by atoms with van der Waals surface area (Å²) < 4.78 is 34.9. The number of ether oxygens (including phenoxy) is 1. The number of benzene rings is 1. The predicted octanol–water partition coefficient (Wildman–Crippen LogP) is 3.06. The molecule has 156 valence electrons. The summed E-state index contributed by atoms with van der Waals surface area (Å²) in [7, 11) is 0. The van der Waals surface area contributed by atoms with E-state index in [1.165, 1.54) is 6.20 Å². The summed E-state index contributed by atoms with van der Waals surface area (Å²) >= 11 is 0. The average Bonchev–Trinajstić information content (AvgIpc) is 3.38. The monoisotopic (exact) mass is 419 g/mol. The summed E-state index contributed by atoms with van der Waals surface area (Å²) in [5, 5.41) is 16.5. The molecule has 3 heterocycles. The predicted molar refractivity (Wildman–Crippen MR) is 111 cm³/mol. The van der Waals surface area contributed by atoms with Crippen molar-refractivity contribution in [1.82, 2.24) is 20.6 Å². The van der Waals surface area contributed by atoms with Crippen molar-refractivity contribution in [2.45, 2.75) is 24.7 Å². The smallest absolute Gasteiger partial charge is 0.165 e. The van der Waals surface area contributed by atoms with Crippen molar-refractivity contribution in [3.8, 4) is 11.8 Å². The van der Waals surface area contributed by atoms with Gasteiger partial charge in [0.1, 0.15) is 24.1 Å². The molecule has 0 amide bonds. The number of fused-ring (bicyclic) bond motifs is 2. The van der Waals surface area contributed by atoms with Crippen LogP contribution in [-0.4, -0.2) is 34.8 Å². The molecule has 2 unspecified atom stereocenters. The Morgan fingerprint density at radius 2 is 1.81 bits per heavy atom. The normalized spacial score (nSPS) is 21.9. The maximum atomic E-state index is 14.7. The highest BCUT2D eigenvalue weighted by atomic mass is 19.1. The summed E-state index contributed by atoms with van der Waals surface area (Å²) in [6.45, 7) is 0.162. The minimum Gasteiger partial charge on any atom is -0.487 e. The van der Waals surface area contributed by atoms with Crippen LogP contribution < -0.4 is 15.4 Å². The van der Waals surface area contributed by atoms with Gasteiger partial charge in [-0.15, -0.1) is 0 Å². The molecule has 31 heavy (non-hydrogen) atoms. The highest BCUT2D eigenvalue weighted by molar-refractivity contribution is 5.81. The molecule has 0 spiro atoms. The summed E-state index contributed by atoms with van der Waals surface area (Å²) in [5.41, 5.74) is 1.93. The van der Waals surface area contributed by atoms with E-state index in [1.54, 1.807) is 12.3 Å². The Morgan fingerprint density at radius 1 is 1.03 bits per heavy atom. The molecule has 1 aliphatic carbocycles. The molecule has 6 nitrogen and oxygen atoms in total. The second kappa shape index (κ2) is 7.95. The average molecular weight is 419 g/mol. The van der Waals surface area contributed by atoms with Gasteiger partial charge < -0.3 is 9.72 Å². The van der Waals surface area contributed by atoms with Crippen LogP contribution in [0.5, 0.6) is 5.75 Å². The minimum absolute atomic E-state index is 0.127. The van der Waals surface area contributed by atoms with Crippen molar-refractivity contribution in [3.05, 3.63) is 83.2 Å². The van der Waals surface area contributed by atoms with Crippen LogP contribution in [-0.2, 0) is 6.42 Å². The van der Waals surface area contributed by atoms with Crippen LogP contribution in [0.25, 0.3) is 11.0 Å². The zero-order chi connectivity index (χ0) is 21.4. The van der Waals surface area contributed by atoms with Crippen LogP contribution >= 0.6 is 0 Å². The first kappa shape index (κ1) is 19.4. The topological polar surface area (TPSA) is 85.8 Å². The Kier molecular flexibility index (Phi) is 4.98. The molecule has 2 atom stereocenters. The number of nitriles is 1. The van der Waals surface area contributed by atoms with Gasteiger partial charge in [0, 0.05) is 42.4 Å². The molecule has 0 saturated carbocycles. The Labute approximate surface area is 177 Å². The molecular formula is C23H19F2N5O. The molecule has 1 aromatic carbocycles. The Morgan fingerprint density at radius 3 is 2.55 bits per heavy atom.